The third-order valence-electron chi connectivity index (χ3n) is 2.46. The second kappa shape index (κ2) is 6.27. The quantitative estimate of drug-likeness (QED) is 0.736. The highest BCUT2D eigenvalue weighted by molar-refractivity contribution is 5.71. The summed E-state index contributed by atoms with van der Waals surface area (Å²) in [7, 11) is 0. The molecule has 1 aromatic rings. The summed E-state index contributed by atoms with van der Waals surface area (Å²) in [5.41, 5.74) is 0. The Balaban J connectivity index is 2.82. The smallest absolute Gasteiger partial charge is 0.326 e. The SMILES string of the molecule is CCCC(C(=O)O)n1ccnc1CNCC. The average Bonchev–Trinajstić information content (AvgIpc) is 2.70. The number of nitrogens with one attached hydrogen (secondary N) is 1. The molecule has 5 heteroatoms. The normalized spacial score (nSPS) is 12.6. The molecule has 0 spiro atoms. The molecule has 0 radical (unpaired) electrons. The number of carbonyl (C=O) groups is 1. The van der Waals surface area contributed by atoms with Crippen LogP contribution in [0, 0.1) is 0 Å². The van der Waals surface area contributed by atoms with Crippen molar-refractivity contribution in [1.82, 2.24) is 14.9 Å². The van der Waals surface area contributed by atoms with Crippen molar-refractivity contribution >= 4 is 5.97 Å². The molecule has 5 nitrogen and oxygen atoms in total. The van der Waals surface area contributed by atoms with E-state index in [0.29, 0.717) is 13.0 Å². The molecule has 90 valence electrons. The van der Waals surface area contributed by atoms with E-state index >= 15 is 0 Å². The van der Waals surface area contributed by atoms with Crippen LogP contribution in [0.5, 0.6) is 0 Å². The second-order valence-electron chi connectivity index (χ2n) is 3.67. The minimum atomic E-state index is -0.794. The van der Waals surface area contributed by atoms with Crippen LogP contribution in [0.2, 0.25) is 0 Å². The number of aromatic nitrogens is 2. The van der Waals surface area contributed by atoms with E-state index < -0.39 is 12.0 Å². The fraction of sp³-hybridized carbons (Fsp3) is 0.636. The third kappa shape index (κ3) is 3.06. The summed E-state index contributed by atoms with van der Waals surface area (Å²) in [6.07, 6.45) is 4.86. The van der Waals surface area contributed by atoms with Crippen molar-refractivity contribution in [2.75, 3.05) is 6.54 Å². The lowest BCUT2D eigenvalue weighted by Gasteiger charge is -2.16. The van der Waals surface area contributed by atoms with Gasteiger partial charge in [0.2, 0.25) is 0 Å². The Morgan fingerprint density at radius 2 is 2.38 bits per heavy atom. The molecule has 2 N–H and O–H groups in total. The number of nitrogens with zero attached hydrogens (tertiary/aromatic N) is 2. The van der Waals surface area contributed by atoms with Crippen molar-refractivity contribution in [3.63, 3.8) is 0 Å². The van der Waals surface area contributed by atoms with E-state index in [-0.39, 0.29) is 0 Å². The molecule has 0 saturated carbocycles. The van der Waals surface area contributed by atoms with E-state index in [4.69, 9.17) is 5.11 Å². The van der Waals surface area contributed by atoms with Gasteiger partial charge in [-0.25, -0.2) is 9.78 Å². The summed E-state index contributed by atoms with van der Waals surface area (Å²) in [6.45, 7) is 5.44. The molecule has 1 aromatic heterocycles. The summed E-state index contributed by atoms with van der Waals surface area (Å²) in [6, 6.07) is -0.499. The van der Waals surface area contributed by atoms with Crippen LogP contribution in [0.15, 0.2) is 12.4 Å². The second-order valence-corrected chi connectivity index (χ2v) is 3.67. The first-order valence-corrected chi connectivity index (χ1v) is 5.65. The summed E-state index contributed by atoms with van der Waals surface area (Å²) in [5, 5.41) is 12.3. The minimum Gasteiger partial charge on any atom is -0.480 e. The first-order valence-electron chi connectivity index (χ1n) is 5.65. The molecule has 0 bridgehead atoms. The topological polar surface area (TPSA) is 67.1 Å². The van der Waals surface area contributed by atoms with E-state index in [1.807, 2.05) is 13.8 Å². The maximum atomic E-state index is 11.1. The molecule has 0 amide bonds. The zero-order valence-corrected chi connectivity index (χ0v) is 9.81. The van der Waals surface area contributed by atoms with Crippen LogP contribution in [0.3, 0.4) is 0 Å². The number of rotatable bonds is 7. The average molecular weight is 225 g/mol. The van der Waals surface area contributed by atoms with Crippen molar-refractivity contribution in [2.24, 2.45) is 0 Å². The van der Waals surface area contributed by atoms with E-state index in [1.165, 1.54) is 0 Å². The van der Waals surface area contributed by atoms with Crippen molar-refractivity contribution in [3.8, 4) is 0 Å². The van der Waals surface area contributed by atoms with Crippen LogP contribution in [-0.2, 0) is 11.3 Å². The largest absolute Gasteiger partial charge is 0.480 e. The molecule has 0 saturated heterocycles. The van der Waals surface area contributed by atoms with E-state index in [0.717, 1.165) is 18.8 Å². The van der Waals surface area contributed by atoms with Crippen molar-refractivity contribution in [3.05, 3.63) is 18.2 Å². The lowest BCUT2D eigenvalue weighted by Crippen LogP contribution is -2.23. The fourth-order valence-electron chi connectivity index (χ4n) is 1.66. The Bertz CT molecular complexity index is 336. The van der Waals surface area contributed by atoms with Crippen molar-refractivity contribution in [1.29, 1.82) is 0 Å². The molecule has 0 aliphatic rings. The maximum absolute atomic E-state index is 11.1. The molecule has 1 unspecified atom stereocenters. The zero-order valence-electron chi connectivity index (χ0n) is 9.81. The Labute approximate surface area is 95.5 Å². The fourth-order valence-corrected chi connectivity index (χ4v) is 1.66. The molecule has 0 aliphatic carbocycles. The van der Waals surface area contributed by atoms with Gasteiger partial charge in [0.15, 0.2) is 0 Å². The Morgan fingerprint density at radius 3 is 2.94 bits per heavy atom. The predicted octanol–water partition coefficient (Wildman–Crippen LogP) is 1.42. The zero-order chi connectivity index (χ0) is 12.0. The number of hydrogen-bond acceptors (Lipinski definition) is 3. The van der Waals surface area contributed by atoms with Crippen molar-refractivity contribution in [2.45, 2.75) is 39.3 Å². The van der Waals surface area contributed by atoms with Gasteiger partial charge in [-0.1, -0.05) is 20.3 Å². The number of carboxylic acid groups (broad SMARTS) is 1. The number of imidazole rings is 1. The monoisotopic (exact) mass is 225 g/mol. The summed E-state index contributed by atoms with van der Waals surface area (Å²) < 4.78 is 1.74. The maximum Gasteiger partial charge on any atom is 0.326 e. The van der Waals surface area contributed by atoms with Crippen LogP contribution in [-0.4, -0.2) is 27.2 Å². The Hall–Kier alpha value is -1.36. The highest BCUT2D eigenvalue weighted by atomic mass is 16.4. The van der Waals surface area contributed by atoms with Gasteiger partial charge in [0, 0.05) is 12.4 Å². The lowest BCUT2D eigenvalue weighted by molar-refractivity contribution is -0.141. The van der Waals surface area contributed by atoms with Gasteiger partial charge in [0.25, 0.3) is 0 Å². The van der Waals surface area contributed by atoms with E-state index in [1.54, 1.807) is 17.0 Å². The van der Waals surface area contributed by atoms with Crippen LogP contribution in [0.25, 0.3) is 0 Å². The highest BCUT2D eigenvalue weighted by Gasteiger charge is 2.20. The predicted molar refractivity (Wildman–Crippen MR) is 61.2 cm³/mol. The van der Waals surface area contributed by atoms with E-state index in [2.05, 4.69) is 10.3 Å². The van der Waals surface area contributed by atoms with Gasteiger partial charge >= 0.3 is 5.97 Å². The van der Waals surface area contributed by atoms with Crippen LogP contribution in [0.4, 0.5) is 0 Å². The summed E-state index contributed by atoms with van der Waals surface area (Å²) in [5.74, 6) is -0.0136. The van der Waals surface area contributed by atoms with Crippen molar-refractivity contribution < 1.29 is 9.90 Å². The minimum absolute atomic E-state index is 0.499. The van der Waals surface area contributed by atoms with Crippen LogP contribution >= 0.6 is 0 Å². The molecular weight excluding hydrogens is 206 g/mol. The van der Waals surface area contributed by atoms with Gasteiger partial charge < -0.3 is 15.0 Å². The molecule has 0 aliphatic heterocycles. The molecule has 1 rings (SSSR count). The molecule has 0 aromatic carbocycles. The first-order chi connectivity index (χ1) is 7.70. The van der Waals surface area contributed by atoms with Gasteiger partial charge in [-0.15, -0.1) is 0 Å². The van der Waals surface area contributed by atoms with Gasteiger partial charge in [0.05, 0.1) is 6.54 Å². The molecule has 16 heavy (non-hydrogen) atoms. The summed E-state index contributed by atoms with van der Waals surface area (Å²) >= 11 is 0. The molecule has 1 atom stereocenters. The Kier molecular flexibility index (Phi) is 4.98. The molecule has 0 fully saturated rings. The molecule has 1 heterocycles. The number of hydrogen-bond donors (Lipinski definition) is 2. The summed E-state index contributed by atoms with van der Waals surface area (Å²) in [4.78, 5) is 15.3. The van der Waals surface area contributed by atoms with Gasteiger partial charge in [-0.2, -0.15) is 0 Å². The van der Waals surface area contributed by atoms with Crippen LogP contribution in [0.1, 0.15) is 38.6 Å². The van der Waals surface area contributed by atoms with Gasteiger partial charge in [-0.05, 0) is 13.0 Å². The highest BCUT2D eigenvalue weighted by Crippen LogP contribution is 2.16. The number of aliphatic carboxylic acids is 1. The van der Waals surface area contributed by atoms with Gasteiger partial charge in [0.1, 0.15) is 11.9 Å². The third-order valence-corrected chi connectivity index (χ3v) is 2.46. The van der Waals surface area contributed by atoms with Crippen LogP contribution < -0.4 is 5.32 Å². The Morgan fingerprint density at radius 1 is 1.62 bits per heavy atom. The van der Waals surface area contributed by atoms with E-state index in [9.17, 15) is 4.79 Å². The number of carboxylic acids is 1. The standard InChI is InChI=1S/C11H19N3O2/c1-3-5-9(11(15)16)14-7-6-13-10(14)8-12-4-2/h6-7,9,12H,3-5,8H2,1-2H3,(H,15,16). The van der Waals surface area contributed by atoms with Gasteiger partial charge in [-0.3, -0.25) is 0 Å². The first kappa shape index (κ1) is 12.7. The lowest BCUT2D eigenvalue weighted by atomic mass is 10.1. The molecular formula is C11H19N3O2.